The molecule has 9 aromatic carbocycles. The topological polar surface area (TPSA) is 8.17 Å². The van der Waals surface area contributed by atoms with Crippen molar-refractivity contribution in [3.63, 3.8) is 0 Å². The summed E-state index contributed by atoms with van der Waals surface area (Å²) in [6.45, 7) is 9.45. The molecule has 2 aliphatic rings. The Balaban J connectivity index is 0.00000420. The van der Waals surface area contributed by atoms with Crippen LogP contribution in [0, 0.1) is 0 Å². The Kier molecular flexibility index (Phi) is 8.12. The molecule has 0 amide bonds. The smallest absolute Gasteiger partial charge is 0.0541 e. The van der Waals surface area contributed by atoms with Gasteiger partial charge in [-0.3, -0.25) is 0 Å². The molecule has 2 aliphatic carbocycles. The average molecular weight is 785 g/mol. The normalized spacial score (nSPS) is 14.0. The molecule has 0 saturated heterocycles. The number of rotatable bonds is 5. The maximum atomic E-state index is 2.47. The third-order valence-corrected chi connectivity index (χ3v) is 13.8. The highest BCUT2D eigenvalue weighted by molar-refractivity contribution is 6.10. The third-order valence-electron chi connectivity index (χ3n) is 13.8. The lowest BCUT2D eigenvalue weighted by atomic mass is 9.82. The maximum Gasteiger partial charge on any atom is 0.0541 e. The third kappa shape index (κ3) is 5.35. The molecule has 2 nitrogen and oxygen atoms in total. The van der Waals surface area contributed by atoms with Crippen molar-refractivity contribution in [2.45, 2.75) is 46.0 Å². The first-order valence-electron chi connectivity index (χ1n) is 21.2. The summed E-state index contributed by atoms with van der Waals surface area (Å²) in [5.41, 5.74) is 20.1. The summed E-state index contributed by atoms with van der Waals surface area (Å²) in [6.07, 6.45) is 0. The van der Waals surface area contributed by atoms with E-state index in [4.69, 9.17) is 0 Å². The molecule has 1 heterocycles. The highest BCUT2D eigenvalue weighted by atomic mass is 15.1. The van der Waals surface area contributed by atoms with Gasteiger partial charge in [0.2, 0.25) is 0 Å². The first-order valence-corrected chi connectivity index (χ1v) is 21.2. The molecular formula is C59H48N2. The van der Waals surface area contributed by atoms with Crippen molar-refractivity contribution in [3.8, 4) is 39.1 Å². The minimum absolute atomic E-state index is 0. The van der Waals surface area contributed by atoms with Crippen LogP contribution < -0.4 is 4.90 Å². The van der Waals surface area contributed by atoms with E-state index in [1.807, 2.05) is 0 Å². The molecule has 12 rings (SSSR count). The standard InChI is InChI=1S/C58H44N2.CH4/c1-57(2)51-23-10-6-19-44(51)49-35-41(30-32-52(49)57)59(42-29-31-45-43-18-5-9-22-50(43)58(3,4)53(45)36-42)40-17-13-16-38(33-40)39-28-27-37-15-14-26-56(48(37)34-39)60-54-24-11-7-20-46(54)47-21-8-12-25-55(47)60;/h5-36H,1-4H3;1H4. The van der Waals surface area contributed by atoms with Crippen molar-refractivity contribution in [2.24, 2.45) is 0 Å². The molecule has 0 bridgehead atoms. The lowest BCUT2D eigenvalue weighted by Crippen LogP contribution is -2.17. The summed E-state index contributed by atoms with van der Waals surface area (Å²) in [7, 11) is 0. The van der Waals surface area contributed by atoms with Crippen LogP contribution in [-0.4, -0.2) is 4.57 Å². The summed E-state index contributed by atoms with van der Waals surface area (Å²) in [5.74, 6) is 0. The highest BCUT2D eigenvalue weighted by Crippen LogP contribution is 2.53. The lowest BCUT2D eigenvalue weighted by molar-refractivity contribution is 0.660. The minimum Gasteiger partial charge on any atom is -0.310 e. The second kappa shape index (κ2) is 13.4. The fourth-order valence-corrected chi connectivity index (χ4v) is 10.8. The molecule has 294 valence electrons. The molecular weight excluding hydrogens is 737 g/mol. The van der Waals surface area contributed by atoms with E-state index >= 15 is 0 Å². The predicted molar refractivity (Wildman–Crippen MR) is 260 cm³/mol. The van der Waals surface area contributed by atoms with Crippen molar-refractivity contribution in [1.82, 2.24) is 4.57 Å². The Bertz CT molecular complexity index is 3340. The molecule has 0 radical (unpaired) electrons. The second-order valence-electron chi connectivity index (χ2n) is 17.8. The molecule has 0 atom stereocenters. The molecule has 10 aromatic rings. The molecule has 0 N–H and O–H groups in total. The van der Waals surface area contributed by atoms with Crippen molar-refractivity contribution < 1.29 is 0 Å². The summed E-state index contributed by atoms with van der Waals surface area (Å²) in [6, 6.07) is 72.4. The van der Waals surface area contributed by atoms with E-state index in [2.05, 4.69) is 231 Å². The minimum atomic E-state index is -0.116. The zero-order chi connectivity index (χ0) is 40.3. The van der Waals surface area contributed by atoms with E-state index < -0.39 is 0 Å². The van der Waals surface area contributed by atoms with Crippen molar-refractivity contribution in [2.75, 3.05) is 4.90 Å². The quantitative estimate of drug-likeness (QED) is 0.169. The summed E-state index contributed by atoms with van der Waals surface area (Å²) < 4.78 is 2.44. The van der Waals surface area contributed by atoms with Crippen LogP contribution in [0.1, 0.15) is 57.4 Å². The van der Waals surface area contributed by atoms with Gasteiger partial charge in [0.25, 0.3) is 0 Å². The first-order chi connectivity index (χ1) is 29.3. The first kappa shape index (κ1) is 36.9. The van der Waals surface area contributed by atoms with Gasteiger partial charge in [0.15, 0.2) is 0 Å². The largest absolute Gasteiger partial charge is 0.310 e. The van der Waals surface area contributed by atoms with Crippen LogP contribution in [0.5, 0.6) is 0 Å². The van der Waals surface area contributed by atoms with E-state index in [-0.39, 0.29) is 18.3 Å². The van der Waals surface area contributed by atoms with E-state index in [1.165, 1.54) is 93.9 Å². The Labute approximate surface area is 359 Å². The summed E-state index contributed by atoms with van der Waals surface area (Å²) in [5, 5.41) is 4.99. The number of anilines is 3. The van der Waals surface area contributed by atoms with Gasteiger partial charge in [-0.15, -0.1) is 0 Å². The number of para-hydroxylation sites is 2. The van der Waals surface area contributed by atoms with Crippen molar-refractivity contribution in [3.05, 3.63) is 216 Å². The Hall–Kier alpha value is -7.16. The number of benzene rings is 9. The number of fused-ring (bicyclic) bond motifs is 10. The van der Waals surface area contributed by atoms with E-state index in [0.29, 0.717) is 0 Å². The molecule has 0 spiro atoms. The Morgan fingerprint density at radius 2 is 0.902 bits per heavy atom. The number of nitrogens with zero attached hydrogens (tertiary/aromatic N) is 2. The van der Waals surface area contributed by atoms with Crippen LogP contribution in [0.3, 0.4) is 0 Å². The van der Waals surface area contributed by atoms with Crippen LogP contribution >= 0.6 is 0 Å². The van der Waals surface area contributed by atoms with E-state index in [9.17, 15) is 0 Å². The van der Waals surface area contributed by atoms with Crippen molar-refractivity contribution in [1.29, 1.82) is 0 Å². The monoisotopic (exact) mass is 784 g/mol. The van der Waals surface area contributed by atoms with E-state index in [1.54, 1.807) is 0 Å². The van der Waals surface area contributed by atoms with Gasteiger partial charge in [-0.05, 0) is 122 Å². The van der Waals surface area contributed by atoms with Gasteiger partial charge in [0.1, 0.15) is 0 Å². The van der Waals surface area contributed by atoms with Gasteiger partial charge in [0, 0.05) is 44.1 Å². The van der Waals surface area contributed by atoms with Crippen LogP contribution in [-0.2, 0) is 10.8 Å². The van der Waals surface area contributed by atoms with Crippen molar-refractivity contribution >= 4 is 49.6 Å². The fourth-order valence-electron chi connectivity index (χ4n) is 10.8. The van der Waals surface area contributed by atoms with Crippen LogP contribution in [0.4, 0.5) is 17.1 Å². The number of aromatic nitrogens is 1. The number of hydrogen-bond donors (Lipinski definition) is 0. The van der Waals surface area contributed by atoms with E-state index in [0.717, 1.165) is 17.1 Å². The Morgan fingerprint density at radius 1 is 0.361 bits per heavy atom. The molecule has 0 aliphatic heterocycles. The van der Waals surface area contributed by atoms with Gasteiger partial charge in [0.05, 0.1) is 16.7 Å². The average Bonchev–Trinajstić information content (AvgIpc) is 3.83. The van der Waals surface area contributed by atoms with Crippen LogP contribution in [0.15, 0.2) is 194 Å². The van der Waals surface area contributed by atoms with Gasteiger partial charge in [-0.25, -0.2) is 0 Å². The molecule has 0 fully saturated rings. The molecule has 1 aromatic heterocycles. The van der Waals surface area contributed by atoms with Gasteiger partial charge in [-0.1, -0.05) is 169 Å². The van der Waals surface area contributed by atoms with Gasteiger partial charge < -0.3 is 9.47 Å². The van der Waals surface area contributed by atoms with Gasteiger partial charge >= 0.3 is 0 Å². The summed E-state index contributed by atoms with van der Waals surface area (Å²) in [4.78, 5) is 2.47. The SMILES string of the molecule is C.CC1(C)c2ccccc2-c2cc(N(c3cccc(-c4ccc5cccc(-n6c7ccccc7c7ccccc76)c5c4)c3)c3ccc4c(c3)C(C)(C)c3ccccc3-4)ccc21. The Morgan fingerprint density at radius 3 is 1.64 bits per heavy atom. The van der Waals surface area contributed by atoms with Crippen LogP contribution in [0.2, 0.25) is 0 Å². The molecule has 0 saturated carbocycles. The molecule has 0 unspecified atom stereocenters. The molecule has 61 heavy (non-hydrogen) atoms. The summed E-state index contributed by atoms with van der Waals surface area (Å²) >= 11 is 0. The fraction of sp³-hybridized carbons (Fsp3) is 0.119. The highest BCUT2D eigenvalue weighted by Gasteiger charge is 2.37. The molecule has 2 heteroatoms. The predicted octanol–water partition coefficient (Wildman–Crippen LogP) is 16.3. The second-order valence-corrected chi connectivity index (χ2v) is 17.8. The number of hydrogen-bond acceptors (Lipinski definition) is 1. The lowest BCUT2D eigenvalue weighted by Gasteiger charge is -2.29. The zero-order valence-corrected chi connectivity index (χ0v) is 34.4. The maximum absolute atomic E-state index is 2.47. The van der Waals surface area contributed by atoms with Gasteiger partial charge in [-0.2, -0.15) is 0 Å². The van der Waals surface area contributed by atoms with Crippen LogP contribution in [0.25, 0.3) is 71.6 Å². The zero-order valence-electron chi connectivity index (χ0n) is 34.4.